The van der Waals surface area contributed by atoms with Gasteiger partial charge in [-0.2, -0.15) is 0 Å². The Labute approximate surface area is 438 Å². The number of nitrogens with one attached hydrogen (secondary N) is 10. The summed E-state index contributed by atoms with van der Waals surface area (Å²) in [5, 5.41) is 71.2. The first-order valence-electron chi connectivity index (χ1n) is 24.9. The first kappa shape index (κ1) is 66.4. The average Bonchev–Trinajstić information content (AvgIpc) is 3.32. The fraction of sp³-hybridized carbons (Fsp3) is 0.673. The molecule has 0 saturated carbocycles. The minimum atomic E-state index is -1.73. The normalized spacial score (nSPS) is 15.8. The van der Waals surface area contributed by atoms with E-state index in [1.54, 1.807) is 92.6 Å². The molecule has 0 heterocycles. The van der Waals surface area contributed by atoms with Gasteiger partial charge in [0.1, 0.15) is 48.5 Å². The van der Waals surface area contributed by atoms with Gasteiger partial charge in [-0.3, -0.25) is 39.0 Å². The second kappa shape index (κ2) is 32.6. The van der Waals surface area contributed by atoms with Crippen LogP contribution in [-0.4, -0.2) is 166 Å². The van der Waals surface area contributed by atoms with E-state index in [4.69, 9.17) is 20.6 Å². The van der Waals surface area contributed by atoms with E-state index in [2.05, 4.69) is 47.9 Å². The van der Waals surface area contributed by atoms with Gasteiger partial charge in [0.15, 0.2) is 12.0 Å². The fourth-order valence-electron chi connectivity index (χ4n) is 6.94. The van der Waals surface area contributed by atoms with Crippen LogP contribution < -0.4 is 53.6 Å². The Bertz CT molecular complexity index is 2050. The number of rotatable bonds is 31. The molecule has 26 nitrogen and oxygen atoms in total. The fourth-order valence-corrected chi connectivity index (χ4v) is 6.94. The Morgan fingerprint density at radius 3 is 1.69 bits per heavy atom. The Balaban J connectivity index is 3.29. The van der Waals surface area contributed by atoms with Crippen LogP contribution in [0.25, 0.3) is 0 Å². The number of benzene rings is 1. The molecule has 0 bridgehead atoms. The largest absolute Gasteiger partial charge is 0.459 e. The zero-order chi connectivity index (χ0) is 57.3. The molecule has 26 heteroatoms. The lowest BCUT2D eigenvalue weighted by Crippen LogP contribution is -2.62. The van der Waals surface area contributed by atoms with Gasteiger partial charge in [-0.25, -0.2) is 9.59 Å². The Hall–Kier alpha value is -6.64. The Kier molecular flexibility index (Phi) is 28.9. The maximum absolute atomic E-state index is 14.2. The summed E-state index contributed by atoms with van der Waals surface area (Å²) in [6.07, 6.45) is -5.17. The van der Waals surface area contributed by atoms with Crippen molar-refractivity contribution in [3.8, 4) is 0 Å². The van der Waals surface area contributed by atoms with E-state index in [-0.39, 0.29) is 44.3 Å². The summed E-state index contributed by atoms with van der Waals surface area (Å²) in [6.45, 7) is 15.5. The van der Waals surface area contributed by atoms with Crippen LogP contribution in [0.2, 0.25) is 0 Å². The van der Waals surface area contributed by atoms with Crippen molar-refractivity contribution < 1.29 is 73.1 Å². The summed E-state index contributed by atoms with van der Waals surface area (Å²) < 4.78 is 10.5. The van der Waals surface area contributed by atoms with Gasteiger partial charge in [0.25, 0.3) is 0 Å². The monoisotopic (exact) mass is 1070 g/mol. The summed E-state index contributed by atoms with van der Waals surface area (Å²) in [5.41, 5.74) is 5.12. The zero-order valence-corrected chi connectivity index (χ0v) is 44.9. The molecular formula is C49H83N11O15. The highest BCUT2D eigenvalue weighted by Gasteiger charge is 2.38. The number of aliphatic hydroxyl groups is 4. The predicted molar refractivity (Wildman–Crippen MR) is 273 cm³/mol. The minimum absolute atomic E-state index is 0.0342. The number of alkyl carbamates (subject to hydrolysis) is 1. The summed E-state index contributed by atoms with van der Waals surface area (Å²) in [5.74, 6) is -9.49. The third-order valence-electron chi connectivity index (χ3n) is 11.3. The quantitative estimate of drug-likeness (QED) is 0.0162. The molecule has 11 atom stereocenters. The molecule has 0 saturated heterocycles. The van der Waals surface area contributed by atoms with Crippen LogP contribution >= 0.6 is 0 Å². The number of aliphatic hydroxyl groups excluding tert-OH is 4. The lowest BCUT2D eigenvalue weighted by Gasteiger charge is -2.31. The molecule has 0 aliphatic carbocycles. The average molecular weight is 1070 g/mol. The molecule has 0 radical (unpaired) electrons. The van der Waals surface area contributed by atoms with Gasteiger partial charge in [0.05, 0.1) is 31.5 Å². The highest BCUT2D eigenvalue weighted by atomic mass is 16.6. The van der Waals surface area contributed by atoms with Crippen molar-refractivity contribution in [2.75, 3.05) is 19.7 Å². The van der Waals surface area contributed by atoms with Crippen molar-refractivity contribution in [2.45, 2.75) is 175 Å². The molecule has 0 aliphatic rings. The Morgan fingerprint density at radius 1 is 0.653 bits per heavy atom. The molecule has 1 aromatic rings. The standard InChI is InChI=1S/C49H83N11O15/c1-12-27(6)35(43(69)59-36(28(7)62)42(68)53-22-34(64)57-37(29(8)63)44(70)56-33(23-61)46(72)74-24-30-17-14-13-15-18-30)58-40(66)31(19-16-20-52-47(50)51)54-41(67)32(21-25(2)3)55-45(71)38(39(65)26(4)5)60-48(73)75-49(9,10)11/h13-15,17-18,25-29,31-33,35-39,61-63,65H,12,16,19-24H2,1-11H3,(H,53,68)(H,54,67)(H,55,71)(H,56,70)(H,57,64)(H,58,66)(H,59,69)(H,60,73)(H4,50,51,52)/t27-,28-,29+,31+,32-,33-,35-,36-,37-,38-,39+/m0/s1. The van der Waals surface area contributed by atoms with Gasteiger partial charge < -0.3 is 83.5 Å². The summed E-state index contributed by atoms with van der Waals surface area (Å²) >= 11 is 0. The van der Waals surface area contributed by atoms with Crippen molar-refractivity contribution >= 4 is 59.4 Å². The van der Waals surface area contributed by atoms with Crippen LogP contribution in [0.5, 0.6) is 0 Å². The van der Waals surface area contributed by atoms with Gasteiger partial charge in [-0.05, 0) is 77.2 Å². The summed E-state index contributed by atoms with van der Waals surface area (Å²) in [7, 11) is 0. The Morgan fingerprint density at radius 2 is 1.17 bits per heavy atom. The second-order valence-electron chi connectivity index (χ2n) is 20.0. The van der Waals surface area contributed by atoms with Crippen LogP contribution in [0.3, 0.4) is 0 Å². The van der Waals surface area contributed by atoms with E-state index < -0.39 is 145 Å². The number of nitrogens with two attached hydrogens (primary N) is 1. The topological polar surface area (TPSA) is 411 Å². The van der Waals surface area contributed by atoms with Crippen molar-refractivity contribution in [3.63, 3.8) is 0 Å². The van der Waals surface area contributed by atoms with Gasteiger partial charge in [0.2, 0.25) is 41.4 Å². The van der Waals surface area contributed by atoms with Crippen molar-refractivity contribution in [2.24, 2.45) is 23.5 Å². The zero-order valence-electron chi connectivity index (χ0n) is 44.9. The van der Waals surface area contributed by atoms with Gasteiger partial charge in [-0.1, -0.05) is 78.3 Å². The van der Waals surface area contributed by atoms with E-state index >= 15 is 0 Å². The number of ether oxygens (including phenoxy) is 2. The van der Waals surface area contributed by atoms with E-state index in [0.717, 1.165) is 6.92 Å². The first-order valence-corrected chi connectivity index (χ1v) is 24.9. The minimum Gasteiger partial charge on any atom is -0.459 e. The van der Waals surface area contributed by atoms with E-state index in [0.29, 0.717) is 12.0 Å². The van der Waals surface area contributed by atoms with E-state index in [1.807, 2.05) is 0 Å². The highest BCUT2D eigenvalue weighted by molar-refractivity contribution is 5.97. The molecule has 0 aromatic heterocycles. The lowest BCUT2D eigenvalue weighted by molar-refractivity contribution is -0.151. The van der Waals surface area contributed by atoms with Crippen LogP contribution in [0.4, 0.5) is 4.79 Å². The molecule has 1 rings (SSSR count). The molecule has 0 unspecified atom stereocenters. The number of guanidine groups is 1. The summed E-state index contributed by atoms with van der Waals surface area (Å²) in [6, 6.07) is -2.09. The number of esters is 1. The van der Waals surface area contributed by atoms with E-state index in [1.165, 1.54) is 6.92 Å². The number of hydrogen-bond acceptors (Lipinski definition) is 16. The van der Waals surface area contributed by atoms with Gasteiger partial charge >= 0.3 is 12.1 Å². The third kappa shape index (κ3) is 25.0. The van der Waals surface area contributed by atoms with E-state index in [9.17, 15) is 63.6 Å². The molecule has 1 aromatic carbocycles. The van der Waals surface area contributed by atoms with Crippen molar-refractivity contribution in [1.29, 1.82) is 5.41 Å². The molecule has 8 amide bonds. The summed E-state index contributed by atoms with van der Waals surface area (Å²) in [4.78, 5) is 121. The molecule has 424 valence electrons. The highest BCUT2D eigenvalue weighted by Crippen LogP contribution is 2.15. The van der Waals surface area contributed by atoms with Crippen molar-refractivity contribution in [3.05, 3.63) is 35.9 Å². The molecule has 75 heavy (non-hydrogen) atoms. The lowest BCUT2D eigenvalue weighted by atomic mass is 9.96. The molecule has 0 spiro atoms. The molecule has 0 aliphatic heterocycles. The third-order valence-corrected chi connectivity index (χ3v) is 11.3. The number of hydrogen-bond donors (Lipinski definition) is 15. The molecule has 16 N–H and O–H groups in total. The second-order valence-corrected chi connectivity index (χ2v) is 20.0. The molecule has 0 fully saturated rings. The predicted octanol–water partition coefficient (Wildman–Crippen LogP) is -2.23. The van der Waals surface area contributed by atoms with Crippen LogP contribution in [0.1, 0.15) is 107 Å². The first-order chi connectivity index (χ1) is 34.9. The van der Waals surface area contributed by atoms with Crippen LogP contribution in [-0.2, 0) is 54.4 Å². The molecular weight excluding hydrogens is 983 g/mol. The maximum Gasteiger partial charge on any atom is 0.408 e. The van der Waals surface area contributed by atoms with Crippen LogP contribution in [0.15, 0.2) is 30.3 Å². The SMILES string of the molecule is CC[C@H](C)[C@H](NC(=O)[C@@H](CCCNC(=N)N)NC(=O)[C@H](CC(C)C)NC(=O)[C@@H](NC(=O)OC(C)(C)C)[C@H](O)C(C)C)C(=O)N[C@H](C(=O)NCC(=O)N[C@H](C(=O)N[C@@H](CO)C(=O)OCc1ccccc1)[C@@H](C)O)[C@H](C)O. The number of amides is 8. The van der Waals surface area contributed by atoms with Crippen LogP contribution in [0, 0.1) is 23.2 Å². The maximum atomic E-state index is 14.2. The van der Waals surface area contributed by atoms with Gasteiger partial charge in [-0.15, -0.1) is 0 Å². The number of carbonyl (C=O) groups is 9. The smallest absolute Gasteiger partial charge is 0.408 e. The van der Waals surface area contributed by atoms with Gasteiger partial charge in [0, 0.05) is 6.54 Å². The number of carbonyl (C=O) groups excluding carboxylic acids is 9. The van der Waals surface area contributed by atoms with Crippen molar-refractivity contribution in [1.82, 2.24) is 47.9 Å².